The van der Waals surface area contributed by atoms with Crippen molar-refractivity contribution in [1.82, 2.24) is 20.8 Å². The van der Waals surface area contributed by atoms with E-state index in [1.165, 1.54) is 5.56 Å². The molecule has 0 bridgehead atoms. The molecule has 0 unspecified atom stereocenters. The van der Waals surface area contributed by atoms with Crippen molar-refractivity contribution in [3.63, 3.8) is 0 Å². The van der Waals surface area contributed by atoms with Crippen LogP contribution in [0.1, 0.15) is 31.5 Å². The average Bonchev–Trinajstić information content (AvgIpc) is 2.68. The molecule has 0 radical (unpaired) electrons. The van der Waals surface area contributed by atoms with Gasteiger partial charge in [-0.3, -0.25) is 9.89 Å². The van der Waals surface area contributed by atoms with Gasteiger partial charge in [0.15, 0.2) is 0 Å². The minimum atomic E-state index is 0.0580. The highest BCUT2D eigenvalue weighted by atomic mass is 16.1. The fourth-order valence-electron chi connectivity index (χ4n) is 1.49. The summed E-state index contributed by atoms with van der Waals surface area (Å²) in [5.74, 6) is 0.0580. The number of carbonyl (C=O) groups excluding carboxylic acids is 1. The van der Waals surface area contributed by atoms with Gasteiger partial charge in [-0.25, -0.2) is 0 Å². The van der Waals surface area contributed by atoms with Gasteiger partial charge in [0.1, 0.15) is 0 Å². The molecule has 0 saturated carbocycles. The summed E-state index contributed by atoms with van der Waals surface area (Å²) in [6, 6.07) is 0.342. The Labute approximate surface area is 102 Å². The predicted molar refractivity (Wildman–Crippen MR) is 67.8 cm³/mol. The van der Waals surface area contributed by atoms with Gasteiger partial charge in [0.2, 0.25) is 5.91 Å². The lowest BCUT2D eigenvalue weighted by atomic mass is 10.1. The van der Waals surface area contributed by atoms with Crippen molar-refractivity contribution in [1.29, 1.82) is 0 Å². The molecule has 0 aliphatic heterocycles. The number of hydrogen-bond donors (Lipinski definition) is 3. The van der Waals surface area contributed by atoms with E-state index in [4.69, 9.17) is 0 Å². The van der Waals surface area contributed by atoms with Gasteiger partial charge in [-0.2, -0.15) is 5.10 Å². The van der Waals surface area contributed by atoms with Crippen LogP contribution in [0.15, 0.2) is 6.20 Å². The van der Waals surface area contributed by atoms with Gasteiger partial charge in [-0.15, -0.1) is 0 Å². The number of aryl methyl sites for hydroxylation is 2. The lowest BCUT2D eigenvalue weighted by molar-refractivity contribution is -0.120. The number of aromatic amines is 1. The molecule has 1 aromatic rings. The topological polar surface area (TPSA) is 69.8 Å². The predicted octanol–water partition coefficient (Wildman–Crippen LogP) is 0.765. The van der Waals surface area contributed by atoms with Crippen molar-refractivity contribution in [3.8, 4) is 0 Å². The Hall–Kier alpha value is -1.36. The fraction of sp³-hybridized carbons (Fsp3) is 0.667. The van der Waals surface area contributed by atoms with Crippen molar-refractivity contribution in [2.24, 2.45) is 0 Å². The monoisotopic (exact) mass is 238 g/mol. The van der Waals surface area contributed by atoms with Gasteiger partial charge in [-0.05, 0) is 25.3 Å². The van der Waals surface area contributed by atoms with E-state index in [1.54, 1.807) is 0 Å². The lowest BCUT2D eigenvalue weighted by Crippen LogP contribution is -2.37. The largest absolute Gasteiger partial charge is 0.355 e. The summed E-state index contributed by atoms with van der Waals surface area (Å²) >= 11 is 0. The standard InChI is InChI=1S/C12H22N4O/c1-9(2)14-8-12(17)13-6-4-5-11-7-15-16-10(11)3/h7,9,14H,4-6,8H2,1-3H3,(H,13,17)(H,15,16). The number of nitrogens with zero attached hydrogens (tertiary/aromatic N) is 1. The molecule has 17 heavy (non-hydrogen) atoms. The maximum absolute atomic E-state index is 11.4. The van der Waals surface area contributed by atoms with Gasteiger partial charge in [0.05, 0.1) is 12.7 Å². The number of carbonyl (C=O) groups is 1. The Balaban J connectivity index is 2.08. The first-order valence-electron chi connectivity index (χ1n) is 6.08. The van der Waals surface area contributed by atoms with Crippen molar-refractivity contribution in [2.45, 2.75) is 39.7 Å². The second-order valence-corrected chi connectivity index (χ2v) is 4.51. The Morgan fingerprint density at radius 2 is 2.29 bits per heavy atom. The summed E-state index contributed by atoms with van der Waals surface area (Å²) in [5.41, 5.74) is 2.33. The zero-order valence-corrected chi connectivity index (χ0v) is 10.8. The Bertz CT molecular complexity index is 346. The molecule has 1 heterocycles. The van der Waals surface area contributed by atoms with Crippen LogP contribution in [0.2, 0.25) is 0 Å². The van der Waals surface area contributed by atoms with Gasteiger partial charge in [0, 0.05) is 18.3 Å². The zero-order chi connectivity index (χ0) is 12.7. The smallest absolute Gasteiger partial charge is 0.233 e. The fourth-order valence-corrected chi connectivity index (χ4v) is 1.49. The summed E-state index contributed by atoms with van der Waals surface area (Å²) in [6.07, 6.45) is 3.73. The van der Waals surface area contributed by atoms with Crippen molar-refractivity contribution < 1.29 is 4.79 Å². The molecule has 0 saturated heterocycles. The summed E-state index contributed by atoms with van der Waals surface area (Å²) in [4.78, 5) is 11.4. The van der Waals surface area contributed by atoms with Crippen molar-refractivity contribution >= 4 is 5.91 Å². The van der Waals surface area contributed by atoms with E-state index in [0.29, 0.717) is 19.1 Å². The molecule has 96 valence electrons. The number of H-pyrrole nitrogens is 1. The summed E-state index contributed by atoms with van der Waals surface area (Å²) in [6.45, 7) is 7.16. The molecule has 1 rings (SSSR count). The molecule has 0 fully saturated rings. The maximum Gasteiger partial charge on any atom is 0.233 e. The number of rotatable bonds is 7. The minimum Gasteiger partial charge on any atom is -0.355 e. The second-order valence-electron chi connectivity index (χ2n) is 4.51. The molecule has 3 N–H and O–H groups in total. The van der Waals surface area contributed by atoms with Crippen molar-refractivity contribution in [3.05, 3.63) is 17.5 Å². The molecule has 1 amide bonds. The number of aromatic nitrogens is 2. The molecule has 1 aromatic heterocycles. The van der Waals surface area contributed by atoms with Crippen LogP contribution < -0.4 is 10.6 Å². The van der Waals surface area contributed by atoms with E-state index in [0.717, 1.165) is 18.5 Å². The normalized spacial score (nSPS) is 10.8. The summed E-state index contributed by atoms with van der Waals surface area (Å²) < 4.78 is 0. The zero-order valence-electron chi connectivity index (χ0n) is 10.8. The third-order valence-electron chi connectivity index (χ3n) is 2.55. The van der Waals surface area contributed by atoms with Crippen LogP contribution in [-0.2, 0) is 11.2 Å². The number of amides is 1. The van der Waals surface area contributed by atoms with Crippen LogP contribution in [0, 0.1) is 6.92 Å². The lowest BCUT2D eigenvalue weighted by Gasteiger charge is -2.08. The Morgan fingerprint density at radius 1 is 1.53 bits per heavy atom. The van der Waals surface area contributed by atoms with E-state index >= 15 is 0 Å². The van der Waals surface area contributed by atoms with E-state index in [1.807, 2.05) is 27.0 Å². The Kier molecular flexibility index (Phi) is 5.69. The molecular formula is C12H22N4O. The van der Waals surface area contributed by atoms with Gasteiger partial charge < -0.3 is 10.6 Å². The van der Waals surface area contributed by atoms with E-state index in [9.17, 15) is 4.79 Å². The van der Waals surface area contributed by atoms with E-state index in [-0.39, 0.29) is 5.91 Å². The molecule has 0 aromatic carbocycles. The quantitative estimate of drug-likeness (QED) is 0.614. The molecular weight excluding hydrogens is 216 g/mol. The number of nitrogens with one attached hydrogen (secondary N) is 3. The Morgan fingerprint density at radius 3 is 2.88 bits per heavy atom. The average molecular weight is 238 g/mol. The highest BCUT2D eigenvalue weighted by Gasteiger charge is 2.03. The van der Waals surface area contributed by atoms with Crippen LogP contribution in [0.4, 0.5) is 0 Å². The van der Waals surface area contributed by atoms with Gasteiger partial charge in [-0.1, -0.05) is 13.8 Å². The summed E-state index contributed by atoms with van der Waals surface area (Å²) in [7, 11) is 0. The SMILES string of the molecule is Cc1[nH]ncc1CCCNC(=O)CNC(C)C. The van der Waals surface area contributed by atoms with Crippen LogP contribution in [0.3, 0.4) is 0 Å². The molecule has 0 atom stereocenters. The van der Waals surface area contributed by atoms with Gasteiger partial charge in [0.25, 0.3) is 0 Å². The van der Waals surface area contributed by atoms with Crippen LogP contribution in [0.5, 0.6) is 0 Å². The molecule has 0 aliphatic rings. The highest BCUT2D eigenvalue weighted by molar-refractivity contribution is 5.77. The van der Waals surface area contributed by atoms with Crippen LogP contribution in [0.25, 0.3) is 0 Å². The molecule has 0 spiro atoms. The van der Waals surface area contributed by atoms with E-state index in [2.05, 4.69) is 20.8 Å². The summed E-state index contributed by atoms with van der Waals surface area (Å²) in [5, 5.41) is 12.8. The molecule has 0 aliphatic carbocycles. The van der Waals surface area contributed by atoms with Crippen molar-refractivity contribution in [2.75, 3.05) is 13.1 Å². The maximum atomic E-state index is 11.4. The third kappa shape index (κ3) is 5.49. The molecule has 5 nitrogen and oxygen atoms in total. The first-order valence-corrected chi connectivity index (χ1v) is 6.08. The van der Waals surface area contributed by atoms with Crippen LogP contribution >= 0.6 is 0 Å². The van der Waals surface area contributed by atoms with E-state index < -0.39 is 0 Å². The number of hydrogen-bond acceptors (Lipinski definition) is 3. The molecule has 5 heteroatoms. The first kappa shape index (κ1) is 13.7. The van der Waals surface area contributed by atoms with Crippen LogP contribution in [-0.4, -0.2) is 35.2 Å². The third-order valence-corrected chi connectivity index (χ3v) is 2.55. The first-order chi connectivity index (χ1) is 8.09. The van der Waals surface area contributed by atoms with Gasteiger partial charge >= 0.3 is 0 Å². The second kappa shape index (κ2) is 7.06. The minimum absolute atomic E-state index is 0.0580. The highest BCUT2D eigenvalue weighted by Crippen LogP contribution is 2.04.